The third kappa shape index (κ3) is 4.15. The summed E-state index contributed by atoms with van der Waals surface area (Å²) in [7, 11) is 0. The third-order valence-corrected chi connectivity index (χ3v) is 8.51. The Morgan fingerprint density at radius 2 is 1.02 bits per heavy atom. The van der Waals surface area contributed by atoms with Crippen molar-refractivity contribution in [3.63, 3.8) is 0 Å². The quantitative estimate of drug-likeness (QED) is 0.187. The molecule has 0 saturated carbocycles. The van der Waals surface area contributed by atoms with Gasteiger partial charge in [-0.3, -0.25) is 0 Å². The third-order valence-electron chi connectivity index (χ3n) is 8.51. The number of fused-ring (bicyclic) bond motifs is 9. The molecule has 0 fully saturated rings. The van der Waals surface area contributed by atoms with Crippen molar-refractivity contribution in [3.05, 3.63) is 170 Å². The molecular weight excluding hydrogens is 625 g/mol. The zero-order valence-corrected chi connectivity index (χ0v) is 25.6. The van der Waals surface area contributed by atoms with Crippen molar-refractivity contribution < 1.29 is 35.9 Å². The molecule has 238 valence electrons. The van der Waals surface area contributed by atoms with Crippen LogP contribution < -0.4 is 0 Å². The van der Waals surface area contributed by atoms with E-state index < -0.39 is 205 Å². The molecule has 0 aliphatic rings. The molecule has 0 radical (unpaired) electrons. The van der Waals surface area contributed by atoms with E-state index in [1.54, 1.807) is 24.3 Å². The topological polar surface area (TPSA) is 48.8 Å². The molecule has 0 aliphatic heterocycles. The normalized spacial score (nSPS) is 18.2. The fourth-order valence-corrected chi connectivity index (χ4v) is 6.32. The molecule has 0 spiro atoms. The molecule has 5 heteroatoms. The van der Waals surface area contributed by atoms with Crippen LogP contribution in [0.15, 0.2) is 174 Å². The number of para-hydroxylation sites is 4. The first kappa shape index (κ1) is 13.7. The van der Waals surface area contributed by atoms with Gasteiger partial charge in [0, 0.05) is 43.9 Å². The molecule has 0 amide bonds. The van der Waals surface area contributed by atoms with Gasteiger partial charge in [-0.15, -0.1) is 0 Å². The summed E-state index contributed by atoms with van der Waals surface area (Å²) < 4.78 is 216. The average Bonchev–Trinajstić information content (AvgIpc) is 4.06. The lowest BCUT2D eigenvalue weighted by Gasteiger charge is -2.10. The first-order chi connectivity index (χ1) is 34.9. The smallest absolute Gasteiger partial charge is 0.180 e. The molecular formula is C46H28N4O. The predicted octanol–water partition coefficient (Wildman–Crippen LogP) is 11.9. The lowest BCUT2D eigenvalue weighted by Crippen LogP contribution is -1.94. The number of hydrogen-bond acceptors (Lipinski definition) is 3. The van der Waals surface area contributed by atoms with Gasteiger partial charge in [-0.25, -0.2) is 9.97 Å². The number of furan rings is 1. The van der Waals surface area contributed by atoms with Gasteiger partial charge in [0.1, 0.15) is 23.1 Å². The summed E-state index contributed by atoms with van der Waals surface area (Å²) in [5.74, 6) is 0. The van der Waals surface area contributed by atoms with Crippen LogP contribution in [-0.4, -0.2) is 19.1 Å². The predicted molar refractivity (Wildman–Crippen MR) is 209 cm³/mol. The van der Waals surface area contributed by atoms with Crippen molar-refractivity contribution in [2.24, 2.45) is 0 Å². The van der Waals surface area contributed by atoms with Crippen molar-refractivity contribution in [1.29, 1.82) is 0 Å². The van der Waals surface area contributed by atoms with Crippen LogP contribution in [0.5, 0.6) is 0 Å². The van der Waals surface area contributed by atoms with Crippen molar-refractivity contribution in [1.82, 2.24) is 19.1 Å². The Labute approximate surface area is 324 Å². The summed E-state index contributed by atoms with van der Waals surface area (Å²) in [5.41, 5.74) is -4.89. The van der Waals surface area contributed by atoms with Gasteiger partial charge in [-0.05, 0) is 83.7 Å². The molecule has 7 aromatic carbocycles. The van der Waals surface area contributed by atoms with E-state index in [0.717, 1.165) is 15.5 Å². The maximum atomic E-state index is 9.84. The molecule has 11 aromatic rings. The van der Waals surface area contributed by atoms with Crippen LogP contribution >= 0.6 is 0 Å². The van der Waals surface area contributed by atoms with Crippen LogP contribution in [0.2, 0.25) is 0 Å². The van der Waals surface area contributed by atoms with Crippen LogP contribution in [0.25, 0.3) is 99.4 Å². The van der Waals surface area contributed by atoms with E-state index in [2.05, 4.69) is 9.97 Å². The monoisotopic (exact) mass is 675 g/mol. The Bertz CT molecular complexity index is 4430. The molecule has 4 aromatic heterocycles. The van der Waals surface area contributed by atoms with E-state index in [0.29, 0.717) is 16.5 Å². The Morgan fingerprint density at radius 3 is 1.69 bits per heavy atom. The minimum Gasteiger partial charge on any atom is -0.452 e. The van der Waals surface area contributed by atoms with E-state index >= 15 is 0 Å². The largest absolute Gasteiger partial charge is 0.452 e. The molecule has 51 heavy (non-hydrogen) atoms. The number of rotatable bonds is 4. The van der Waals surface area contributed by atoms with Crippen LogP contribution in [-0.2, 0) is 0 Å². The molecule has 4 heterocycles. The Balaban J connectivity index is 1.28. The molecule has 0 saturated heterocycles. The number of hydrogen-bond donors (Lipinski definition) is 0. The van der Waals surface area contributed by atoms with E-state index in [1.165, 1.54) is 0 Å². The molecule has 0 unspecified atom stereocenters. The van der Waals surface area contributed by atoms with E-state index in [-0.39, 0.29) is 16.8 Å². The molecule has 0 bridgehead atoms. The summed E-state index contributed by atoms with van der Waals surface area (Å²) in [6.07, 6.45) is 1.15. The molecule has 0 atom stereocenters. The first-order valence-corrected chi connectivity index (χ1v) is 15.3. The second-order valence-electron chi connectivity index (χ2n) is 11.3. The van der Waals surface area contributed by atoms with Gasteiger partial charge in [-0.1, -0.05) is 90.7 Å². The Morgan fingerprint density at radius 1 is 0.471 bits per heavy atom. The fourth-order valence-electron chi connectivity index (χ4n) is 6.32. The lowest BCUT2D eigenvalue weighted by molar-refractivity contribution is 0.667. The number of nitrogens with zero attached hydrogens (tertiary/aromatic N) is 4. The average molecular weight is 676 g/mol. The van der Waals surface area contributed by atoms with Gasteiger partial charge < -0.3 is 13.6 Å². The van der Waals surface area contributed by atoms with Gasteiger partial charge in [0.2, 0.25) is 0 Å². The standard InChI is InChI=1S/C46H28N4O/c1-2-10-32(11-3-1)49-39-15-7-4-12-34(39)37-26-30(20-24-41(37)49)31-21-25-42-38(27-31)35-13-5-8-16-40(35)50(42)33-22-18-29(19-23-33)44-46-45(48-28-47-44)36-14-6-9-17-43(36)51-46/h1-28H/i1D,2D,3D,4D,5D,7D,8D,10D,11D,12D,13D,15D,16D,18D,19D,20D,21D,22D,23D,24D,25D,26D,27D. The fraction of sp³-hybridized carbons (Fsp3) is 0. The van der Waals surface area contributed by atoms with Gasteiger partial charge in [0.15, 0.2) is 5.58 Å². The van der Waals surface area contributed by atoms with E-state index in [1.807, 2.05) is 0 Å². The lowest BCUT2D eigenvalue weighted by atomic mass is 10.0. The maximum Gasteiger partial charge on any atom is 0.180 e. The summed E-state index contributed by atoms with van der Waals surface area (Å²) in [4.78, 5) is 8.59. The van der Waals surface area contributed by atoms with Crippen molar-refractivity contribution in [2.45, 2.75) is 0 Å². The van der Waals surface area contributed by atoms with Crippen molar-refractivity contribution in [2.75, 3.05) is 0 Å². The Hall–Kier alpha value is -6.98. The highest BCUT2D eigenvalue weighted by molar-refractivity contribution is 6.13. The summed E-state index contributed by atoms with van der Waals surface area (Å²) >= 11 is 0. The summed E-state index contributed by atoms with van der Waals surface area (Å²) in [6.45, 7) is 0. The van der Waals surface area contributed by atoms with Crippen LogP contribution in [0.3, 0.4) is 0 Å². The Kier molecular flexibility index (Phi) is 2.90. The highest BCUT2D eigenvalue weighted by Gasteiger charge is 2.18. The van der Waals surface area contributed by atoms with Gasteiger partial charge in [0.05, 0.1) is 53.6 Å². The highest BCUT2D eigenvalue weighted by atomic mass is 16.3. The number of benzene rings is 7. The minimum absolute atomic E-state index is 0.0300. The van der Waals surface area contributed by atoms with Gasteiger partial charge in [-0.2, -0.15) is 0 Å². The van der Waals surface area contributed by atoms with E-state index in [4.69, 9.17) is 22.2 Å². The molecule has 0 aliphatic carbocycles. The second kappa shape index (κ2) is 10.8. The van der Waals surface area contributed by atoms with Crippen LogP contribution in [0.4, 0.5) is 0 Å². The van der Waals surface area contributed by atoms with Crippen molar-refractivity contribution >= 4 is 65.7 Å². The summed E-state index contributed by atoms with van der Waals surface area (Å²) in [6, 6.07) is -12.7. The maximum absolute atomic E-state index is 9.84. The molecule has 0 N–H and O–H groups in total. The summed E-state index contributed by atoms with van der Waals surface area (Å²) in [5, 5.41) is -1.54. The second-order valence-corrected chi connectivity index (χ2v) is 11.3. The SMILES string of the molecule is [2H]c1c([2H])c([2H])c(-n2c3c([2H])c([2H])c([2H])c([2H])c3c3c([2H])c(-c4c([2H])c([2H])c5c(c4[2H])c4c([2H])c([2H])c([2H])c([2H])c4n5-c4c([2H])c([2H])c(-c5ncnc6c5oc5ccccc56)c([2H])c4[2H])c([2H])c([2H])c32)c([2H])c1[2H]. The molecule has 11 rings (SSSR count). The van der Waals surface area contributed by atoms with Gasteiger partial charge >= 0.3 is 0 Å². The zero-order valence-electron chi connectivity index (χ0n) is 48.6. The zero-order chi connectivity index (χ0) is 53.5. The van der Waals surface area contributed by atoms with Gasteiger partial charge in [0.25, 0.3) is 0 Å². The first-order valence-electron chi connectivity index (χ1n) is 26.8. The van der Waals surface area contributed by atoms with Crippen LogP contribution in [0, 0.1) is 0 Å². The minimum atomic E-state index is -0.973. The highest BCUT2D eigenvalue weighted by Crippen LogP contribution is 2.39. The van der Waals surface area contributed by atoms with E-state index in [9.17, 15) is 13.7 Å². The molecule has 5 nitrogen and oxygen atoms in total. The van der Waals surface area contributed by atoms with Crippen LogP contribution in [0.1, 0.15) is 31.5 Å². The van der Waals surface area contributed by atoms with Crippen molar-refractivity contribution in [3.8, 4) is 33.8 Å². The number of aromatic nitrogens is 4.